The molecule has 2 unspecified atom stereocenters. The maximum Gasteiger partial charge on any atom is 0.224 e. The molecule has 0 spiro atoms. The molecule has 0 radical (unpaired) electrons. The van der Waals surface area contributed by atoms with Crippen LogP contribution in [0, 0.1) is 11.6 Å². The second kappa shape index (κ2) is 6.10. The van der Waals surface area contributed by atoms with Crippen LogP contribution in [0.4, 0.5) is 8.78 Å². The van der Waals surface area contributed by atoms with Gasteiger partial charge in [-0.15, -0.1) is 0 Å². The van der Waals surface area contributed by atoms with E-state index in [0.717, 1.165) is 37.6 Å². The van der Waals surface area contributed by atoms with E-state index >= 15 is 0 Å². The Balaban J connectivity index is 1.55. The van der Waals surface area contributed by atoms with Crippen LogP contribution in [0.15, 0.2) is 18.2 Å². The summed E-state index contributed by atoms with van der Waals surface area (Å²) in [6, 6.07) is 3.96. The first-order valence-corrected chi connectivity index (χ1v) is 7.59. The average Bonchev–Trinajstić information content (AvgIpc) is 2.90. The number of rotatable bonds is 3. The van der Waals surface area contributed by atoms with Gasteiger partial charge >= 0.3 is 0 Å². The number of benzene rings is 1. The van der Waals surface area contributed by atoms with E-state index in [2.05, 4.69) is 10.2 Å². The average molecular weight is 294 g/mol. The summed E-state index contributed by atoms with van der Waals surface area (Å²) in [6.45, 7) is 2.18. The molecule has 0 aliphatic carbocycles. The molecule has 1 aromatic carbocycles. The van der Waals surface area contributed by atoms with E-state index in [-0.39, 0.29) is 23.9 Å². The molecule has 1 aromatic rings. The number of halogens is 2. The molecule has 5 heteroatoms. The Morgan fingerprint density at radius 1 is 1.29 bits per heavy atom. The lowest BCUT2D eigenvalue weighted by Gasteiger charge is -2.35. The maximum absolute atomic E-state index is 13.5. The summed E-state index contributed by atoms with van der Waals surface area (Å²) in [5.74, 6) is -1.27. The van der Waals surface area contributed by atoms with Crippen molar-refractivity contribution in [2.45, 2.75) is 44.2 Å². The number of hydrogen-bond donors (Lipinski definition) is 1. The molecule has 1 N–H and O–H groups in total. The first-order chi connectivity index (χ1) is 10.1. The molecule has 0 bridgehead atoms. The van der Waals surface area contributed by atoms with Gasteiger partial charge in [-0.2, -0.15) is 0 Å². The van der Waals surface area contributed by atoms with Crippen LogP contribution < -0.4 is 5.32 Å². The van der Waals surface area contributed by atoms with Gasteiger partial charge in [0.05, 0.1) is 6.42 Å². The molecule has 2 aliphatic heterocycles. The zero-order valence-corrected chi connectivity index (χ0v) is 11.9. The predicted octanol–water partition coefficient (Wildman–Crippen LogP) is 2.25. The van der Waals surface area contributed by atoms with E-state index in [9.17, 15) is 13.6 Å². The van der Waals surface area contributed by atoms with Crippen molar-refractivity contribution in [1.29, 1.82) is 0 Å². The number of amides is 1. The van der Waals surface area contributed by atoms with E-state index < -0.39 is 11.6 Å². The van der Waals surface area contributed by atoms with Gasteiger partial charge in [-0.1, -0.05) is 0 Å². The number of carbonyl (C=O) groups is 1. The third-order valence-electron chi connectivity index (χ3n) is 4.54. The molecule has 2 saturated heterocycles. The topological polar surface area (TPSA) is 32.3 Å². The minimum atomic E-state index is -0.530. The zero-order valence-electron chi connectivity index (χ0n) is 11.9. The van der Waals surface area contributed by atoms with Crippen molar-refractivity contribution < 1.29 is 13.6 Å². The number of carbonyl (C=O) groups excluding carboxylic acids is 1. The maximum atomic E-state index is 13.5. The van der Waals surface area contributed by atoms with Gasteiger partial charge in [-0.05, 0) is 50.4 Å². The van der Waals surface area contributed by atoms with Crippen LogP contribution in [0.1, 0.15) is 31.2 Å². The van der Waals surface area contributed by atoms with Crippen LogP contribution in [-0.2, 0) is 11.2 Å². The molecule has 114 valence electrons. The lowest BCUT2D eigenvalue weighted by molar-refractivity contribution is -0.121. The fourth-order valence-corrected chi connectivity index (χ4v) is 3.49. The summed E-state index contributed by atoms with van der Waals surface area (Å²) in [4.78, 5) is 14.5. The molecule has 2 aliphatic rings. The van der Waals surface area contributed by atoms with Gasteiger partial charge in [0.1, 0.15) is 11.6 Å². The smallest absolute Gasteiger partial charge is 0.224 e. The van der Waals surface area contributed by atoms with Crippen molar-refractivity contribution >= 4 is 5.91 Å². The van der Waals surface area contributed by atoms with Crippen molar-refractivity contribution in [3.63, 3.8) is 0 Å². The highest BCUT2D eigenvalue weighted by Crippen LogP contribution is 2.26. The Kier molecular flexibility index (Phi) is 4.19. The van der Waals surface area contributed by atoms with Crippen molar-refractivity contribution in [3.05, 3.63) is 35.4 Å². The predicted molar refractivity (Wildman–Crippen MR) is 75.8 cm³/mol. The second-order valence-electron chi connectivity index (χ2n) is 6.03. The summed E-state index contributed by atoms with van der Waals surface area (Å²) < 4.78 is 26.6. The molecule has 2 heterocycles. The summed E-state index contributed by atoms with van der Waals surface area (Å²) in [6.07, 6.45) is 4.24. The van der Waals surface area contributed by atoms with Crippen LogP contribution in [0.5, 0.6) is 0 Å². The summed E-state index contributed by atoms with van der Waals surface area (Å²) >= 11 is 0. The molecular formula is C16H20F2N2O. The van der Waals surface area contributed by atoms with Crippen molar-refractivity contribution in [2.24, 2.45) is 0 Å². The monoisotopic (exact) mass is 294 g/mol. The lowest BCUT2D eigenvalue weighted by atomic mass is 9.97. The summed E-state index contributed by atoms with van der Waals surface area (Å²) in [5, 5.41) is 2.97. The summed E-state index contributed by atoms with van der Waals surface area (Å²) in [5.41, 5.74) is 0.116. The lowest BCUT2D eigenvalue weighted by Crippen LogP contribution is -2.47. The van der Waals surface area contributed by atoms with Crippen LogP contribution in [0.3, 0.4) is 0 Å². The molecule has 2 atom stereocenters. The van der Waals surface area contributed by atoms with E-state index in [1.54, 1.807) is 0 Å². The van der Waals surface area contributed by atoms with Crippen molar-refractivity contribution in [1.82, 2.24) is 10.2 Å². The largest absolute Gasteiger partial charge is 0.353 e. The summed E-state index contributed by atoms with van der Waals surface area (Å²) in [7, 11) is 0. The van der Waals surface area contributed by atoms with Crippen molar-refractivity contribution in [2.75, 3.05) is 13.1 Å². The molecule has 21 heavy (non-hydrogen) atoms. The number of nitrogens with one attached hydrogen (secondary N) is 1. The van der Waals surface area contributed by atoms with Gasteiger partial charge in [0.25, 0.3) is 0 Å². The number of fused-ring (bicyclic) bond motifs is 1. The van der Waals surface area contributed by atoms with Gasteiger partial charge in [0, 0.05) is 24.2 Å². The molecule has 0 saturated carbocycles. The number of piperidine rings is 1. The zero-order chi connectivity index (χ0) is 14.8. The standard InChI is InChI=1S/C16H20F2N2O/c17-12-3-4-15(18)11(8-12)9-16(21)19-13-5-7-20-6-1-2-14(20)10-13/h3-4,8,13-14H,1-2,5-7,9-10H2,(H,19,21). The highest BCUT2D eigenvalue weighted by molar-refractivity contribution is 5.78. The molecule has 3 rings (SSSR count). The molecule has 1 amide bonds. The quantitative estimate of drug-likeness (QED) is 0.927. The fourth-order valence-electron chi connectivity index (χ4n) is 3.49. The SMILES string of the molecule is O=C(Cc1cc(F)ccc1F)NC1CCN2CCCC2C1. The van der Waals surface area contributed by atoms with Gasteiger partial charge in [-0.3, -0.25) is 4.79 Å². The second-order valence-corrected chi connectivity index (χ2v) is 6.03. The first-order valence-electron chi connectivity index (χ1n) is 7.59. The van der Waals surface area contributed by atoms with Crippen LogP contribution >= 0.6 is 0 Å². The van der Waals surface area contributed by atoms with Crippen LogP contribution in [0.25, 0.3) is 0 Å². The highest BCUT2D eigenvalue weighted by atomic mass is 19.1. The molecule has 0 aromatic heterocycles. The van der Waals surface area contributed by atoms with Crippen LogP contribution in [-0.4, -0.2) is 36.0 Å². The Morgan fingerprint density at radius 3 is 3.00 bits per heavy atom. The van der Waals surface area contributed by atoms with E-state index in [4.69, 9.17) is 0 Å². The molecule has 3 nitrogen and oxygen atoms in total. The van der Waals surface area contributed by atoms with Gasteiger partial charge in [0.2, 0.25) is 5.91 Å². The Hall–Kier alpha value is -1.49. The fraction of sp³-hybridized carbons (Fsp3) is 0.562. The Morgan fingerprint density at radius 2 is 2.14 bits per heavy atom. The van der Waals surface area contributed by atoms with E-state index in [1.807, 2.05) is 0 Å². The first kappa shape index (κ1) is 14.4. The third-order valence-corrected chi connectivity index (χ3v) is 4.54. The van der Waals surface area contributed by atoms with Gasteiger partial charge in [-0.25, -0.2) is 8.78 Å². The molecular weight excluding hydrogens is 274 g/mol. The third kappa shape index (κ3) is 3.40. The minimum absolute atomic E-state index is 0.103. The van der Waals surface area contributed by atoms with Crippen molar-refractivity contribution in [3.8, 4) is 0 Å². The van der Waals surface area contributed by atoms with Crippen LogP contribution in [0.2, 0.25) is 0 Å². The van der Waals surface area contributed by atoms with Gasteiger partial charge in [0.15, 0.2) is 0 Å². The number of nitrogens with zero attached hydrogens (tertiary/aromatic N) is 1. The van der Waals surface area contributed by atoms with E-state index in [0.29, 0.717) is 6.04 Å². The Bertz CT molecular complexity index is 535. The normalized spacial score (nSPS) is 25.6. The minimum Gasteiger partial charge on any atom is -0.353 e. The molecule has 2 fully saturated rings. The Labute approximate surface area is 123 Å². The number of hydrogen-bond acceptors (Lipinski definition) is 2. The highest BCUT2D eigenvalue weighted by Gasteiger charge is 2.32. The van der Waals surface area contributed by atoms with Gasteiger partial charge < -0.3 is 10.2 Å². The van der Waals surface area contributed by atoms with E-state index in [1.165, 1.54) is 19.4 Å².